The minimum atomic E-state index is 0.0943. The van der Waals surface area contributed by atoms with E-state index in [9.17, 15) is 9.90 Å². The summed E-state index contributed by atoms with van der Waals surface area (Å²) in [4.78, 5) is 17.3. The van der Waals surface area contributed by atoms with E-state index in [0.29, 0.717) is 18.0 Å². The molecule has 0 unspecified atom stereocenters. The molecule has 5 nitrogen and oxygen atoms in total. The molecule has 1 atom stereocenters. The predicted octanol–water partition coefficient (Wildman–Crippen LogP) is 4.60. The van der Waals surface area contributed by atoms with Crippen molar-refractivity contribution < 1.29 is 9.90 Å². The minimum absolute atomic E-state index is 0.0943. The highest BCUT2D eigenvalue weighted by molar-refractivity contribution is 5.94. The topological polar surface area (TPSA) is 55.8 Å². The lowest BCUT2D eigenvalue weighted by Gasteiger charge is -2.37. The van der Waals surface area contributed by atoms with Gasteiger partial charge in [0.15, 0.2) is 0 Å². The van der Waals surface area contributed by atoms with Gasteiger partial charge in [-0.15, -0.1) is 0 Å². The van der Waals surface area contributed by atoms with Gasteiger partial charge in [-0.1, -0.05) is 43.2 Å². The molecule has 0 bridgehead atoms. The molecule has 35 heavy (non-hydrogen) atoms. The lowest BCUT2D eigenvalue weighted by molar-refractivity contribution is 0.0620. The fourth-order valence-corrected chi connectivity index (χ4v) is 6.49. The second-order valence-corrected chi connectivity index (χ2v) is 11.0. The Morgan fingerprint density at radius 2 is 1.63 bits per heavy atom. The third-order valence-corrected chi connectivity index (χ3v) is 8.71. The average Bonchev–Trinajstić information content (AvgIpc) is 3.43. The summed E-state index contributed by atoms with van der Waals surface area (Å²) in [7, 11) is 0. The molecule has 1 aliphatic carbocycles. The monoisotopic (exact) mass is 475 g/mol. The molecule has 2 heterocycles. The number of nitrogens with one attached hydrogen (secondary N) is 1. The highest BCUT2D eigenvalue weighted by atomic mass is 16.3. The Balaban J connectivity index is 1.12. The molecular formula is C30H41N3O2. The minimum Gasteiger partial charge on any atom is -0.396 e. The summed E-state index contributed by atoms with van der Waals surface area (Å²) in [6.07, 6.45) is 9.57. The Kier molecular flexibility index (Phi) is 7.74. The Morgan fingerprint density at radius 3 is 2.31 bits per heavy atom. The summed E-state index contributed by atoms with van der Waals surface area (Å²) < 4.78 is 0. The van der Waals surface area contributed by atoms with Crippen LogP contribution in [0.4, 0.5) is 5.69 Å². The largest absolute Gasteiger partial charge is 0.396 e. The molecule has 0 spiro atoms. The lowest BCUT2D eigenvalue weighted by Crippen LogP contribution is -2.47. The molecule has 3 aliphatic rings. The van der Waals surface area contributed by atoms with Crippen LogP contribution in [0.2, 0.25) is 0 Å². The van der Waals surface area contributed by atoms with Crippen molar-refractivity contribution in [3.63, 3.8) is 0 Å². The van der Waals surface area contributed by atoms with Crippen LogP contribution in [0, 0.1) is 5.92 Å². The quantitative estimate of drug-likeness (QED) is 0.615. The van der Waals surface area contributed by atoms with Crippen LogP contribution in [0.1, 0.15) is 67.3 Å². The van der Waals surface area contributed by atoms with E-state index in [1.54, 1.807) is 0 Å². The molecule has 0 radical (unpaired) electrons. The number of amides is 1. The fraction of sp³-hybridized carbons (Fsp3) is 0.567. The zero-order valence-corrected chi connectivity index (χ0v) is 21.0. The van der Waals surface area contributed by atoms with Crippen LogP contribution in [-0.4, -0.2) is 61.3 Å². The van der Waals surface area contributed by atoms with Crippen LogP contribution in [0.15, 0.2) is 54.6 Å². The number of aliphatic hydroxyl groups excluding tert-OH is 1. The van der Waals surface area contributed by atoms with E-state index < -0.39 is 0 Å². The zero-order chi connectivity index (χ0) is 24.1. The van der Waals surface area contributed by atoms with Gasteiger partial charge >= 0.3 is 0 Å². The Morgan fingerprint density at radius 1 is 0.914 bits per heavy atom. The van der Waals surface area contributed by atoms with Crippen LogP contribution in [-0.2, 0) is 5.41 Å². The van der Waals surface area contributed by atoms with Crippen molar-refractivity contribution in [1.29, 1.82) is 0 Å². The number of aliphatic hydroxyl groups is 1. The standard InChI is InChI=1S/C30H41N3O2/c34-22-24-7-6-18-33(21-24)29(35)25-10-12-28(13-11-25)32-19-14-27(15-20-32)31-23-30(16-4-5-17-30)26-8-2-1-3-9-26/h1-3,8-13,24,27,31,34H,4-7,14-23H2/t24-/m1/s1. The molecule has 188 valence electrons. The molecule has 0 aromatic heterocycles. The lowest BCUT2D eigenvalue weighted by atomic mass is 9.78. The van der Waals surface area contributed by atoms with Crippen LogP contribution < -0.4 is 10.2 Å². The van der Waals surface area contributed by atoms with Gasteiger partial charge in [0.05, 0.1) is 0 Å². The van der Waals surface area contributed by atoms with Gasteiger partial charge in [0, 0.05) is 62.0 Å². The van der Waals surface area contributed by atoms with E-state index in [-0.39, 0.29) is 18.4 Å². The SMILES string of the molecule is O=C(c1ccc(N2CCC(NCC3(c4ccccc4)CCCC3)CC2)cc1)N1CCC[C@@H](CO)C1. The number of carbonyl (C=O) groups excluding carboxylic acids is 1. The number of likely N-dealkylation sites (tertiary alicyclic amines) is 1. The maximum atomic E-state index is 12.9. The second kappa shape index (κ2) is 11.1. The van der Waals surface area contributed by atoms with Gasteiger partial charge in [-0.05, 0) is 74.3 Å². The summed E-state index contributed by atoms with van der Waals surface area (Å²) in [5.74, 6) is 0.315. The number of hydrogen-bond donors (Lipinski definition) is 2. The molecule has 2 aromatic rings. The molecule has 1 saturated carbocycles. The predicted molar refractivity (Wildman–Crippen MR) is 142 cm³/mol. The Labute approximate surface area is 210 Å². The van der Waals surface area contributed by atoms with Crippen molar-refractivity contribution in [3.8, 4) is 0 Å². The van der Waals surface area contributed by atoms with Gasteiger partial charge in [0.25, 0.3) is 5.91 Å². The van der Waals surface area contributed by atoms with Crippen LogP contribution >= 0.6 is 0 Å². The van der Waals surface area contributed by atoms with E-state index in [0.717, 1.165) is 57.4 Å². The summed E-state index contributed by atoms with van der Waals surface area (Å²) in [6, 6.07) is 19.9. The normalized spacial score (nSPS) is 22.9. The molecule has 1 amide bonds. The Bertz CT molecular complexity index is 947. The van der Waals surface area contributed by atoms with Crippen molar-refractivity contribution in [2.24, 2.45) is 5.92 Å². The first-order valence-corrected chi connectivity index (χ1v) is 13.7. The third-order valence-electron chi connectivity index (χ3n) is 8.71. The summed E-state index contributed by atoms with van der Waals surface area (Å²) >= 11 is 0. The van der Waals surface area contributed by atoms with E-state index in [4.69, 9.17) is 0 Å². The Hall–Kier alpha value is -2.37. The van der Waals surface area contributed by atoms with Gasteiger partial charge < -0.3 is 20.2 Å². The molecule has 3 fully saturated rings. The number of carbonyl (C=O) groups is 1. The van der Waals surface area contributed by atoms with Gasteiger partial charge in [-0.2, -0.15) is 0 Å². The number of rotatable bonds is 7. The van der Waals surface area contributed by atoms with E-state index in [1.807, 2.05) is 17.0 Å². The van der Waals surface area contributed by atoms with Crippen molar-refractivity contribution in [1.82, 2.24) is 10.2 Å². The smallest absolute Gasteiger partial charge is 0.253 e. The average molecular weight is 476 g/mol. The second-order valence-electron chi connectivity index (χ2n) is 11.0. The first-order chi connectivity index (χ1) is 17.2. The first-order valence-electron chi connectivity index (χ1n) is 13.7. The number of anilines is 1. The first kappa shape index (κ1) is 24.3. The van der Waals surface area contributed by atoms with Crippen LogP contribution in [0.3, 0.4) is 0 Å². The van der Waals surface area contributed by atoms with Gasteiger partial charge in [-0.3, -0.25) is 4.79 Å². The summed E-state index contributed by atoms with van der Waals surface area (Å²) in [5.41, 5.74) is 3.79. The summed E-state index contributed by atoms with van der Waals surface area (Å²) in [6.45, 7) is 4.82. The number of nitrogens with zero attached hydrogens (tertiary/aromatic N) is 2. The van der Waals surface area contributed by atoms with Crippen molar-refractivity contribution in [2.75, 3.05) is 44.2 Å². The van der Waals surface area contributed by atoms with Gasteiger partial charge in [0.2, 0.25) is 0 Å². The number of benzene rings is 2. The van der Waals surface area contributed by atoms with Crippen molar-refractivity contribution >= 4 is 11.6 Å². The maximum Gasteiger partial charge on any atom is 0.253 e. The fourth-order valence-electron chi connectivity index (χ4n) is 6.49. The van der Waals surface area contributed by atoms with E-state index >= 15 is 0 Å². The number of piperidine rings is 2. The number of hydrogen-bond acceptors (Lipinski definition) is 4. The highest BCUT2D eigenvalue weighted by Crippen LogP contribution is 2.40. The molecule has 5 heteroatoms. The molecule has 2 N–H and O–H groups in total. The molecule has 2 aliphatic heterocycles. The highest BCUT2D eigenvalue weighted by Gasteiger charge is 2.36. The van der Waals surface area contributed by atoms with Crippen molar-refractivity contribution in [2.45, 2.75) is 62.8 Å². The third kappa shape index (κ3) is 5.57. The molecule has 5 rings (SSSR count). The van der Waals surface area contributed by atoms with Crippen LogP contribution in [0.5, 0.6) is 0 Å². The molecule has 2 saturated heterocycles. The maximum absolute atomic E-state index is 12.9. The van der Waals surface area contributed by atoms with Gasteiger partial charge in [-0.25, -0.2) is 0 Å². The summed E-state index contributed by atoms with van der Waals surface area (Å²) in [5, 5.41) is 13.4. The van der Waals surface area contributed by atoms with Crippen LogP contribution in [0.25, 0.3) is 0 Å². The van der Waals surface area contributed by atoms with Gasteiger partial charge in [0.1, 0.15) is 0 Å². The van der Waals surface area contributed by atoms with E-state index in [1.165, 1.54) is 36.9 Å². The molecular weight excluding hydrogens is 434 g/mol. The van der Waals surface area contributed by atoms with Crippen molar-refractivity contribution in [3.05, 3.63) is 65.7 Å². The van der Waals surface area contributed by atoms with E-state index in [2.05, 4.69) is 52.7 Å². The molecule has 2 aromatic carbocycles. The zero-order valence-electron chi connectivity index (χ0n) is 21.0.